The summed E-state index contributed by atoms with van der Waals surface area (Å²) in [5.74, 6) is -2.76. The molecule has 10 heteroatoms. The van der Waals surface area contributed by atoms with Gasteiger partial charge in [-0.2, -0.15) is 26.3 Å². The minimum Gasteiger partial charge on any atom is -0.360 e. The van der Waals surface area contributed by atoms with Gasteiger partial charge in [-0.05, 0) is 30.7 Å². The summed E-state index contributed by atoms with van der Waals surface area (Å²) in [4.78, 5) is 15.5. The number of allylic oxidation sites excluding steroid dienone is 3. The van der Waals surface area contributed by atoms with Gasteiger partial charge in [-0.3, -0.25) is 9.78 Å². The predicted octanol–water partition coefficient (Wildman–Crippen LogP) is 3.11. The van der Waals surface area contributed by atoms with Gasteiger partial charge < -0.3 is 10.0 Å². The van der Waals surface area contributed by atoms with Crippen molar-refractivity contribution in [2.75, 3.05) is 0 Å². The molecule has 1 unspecified atom stereocenters. The summed E-state index contributed by atoms with van der Waals surface area (Å²) < 4.78 is 78.8. The van der Waals surface area contributed by atoms with Crippen molar-refractivity contribution in [2.24, 2.45) is 0 Å². The van der Waals surface area contributed by atoms with Gasteiger partial charge in [0.1, 0.15) is 0 Å². The molecule has 0 radical (unpaired) electrons. The molecule has 2 rings (SSSR count). The van der Waals surface area contributed by atoms with Crippen LogP contribution < -0.4 is 0 Å². The second-order valence-corrected chi connectivity index (χ2v) is 5.33. The van der Waals surface area contributed by atoms with Gasteiger partial charge in [-0.15, -0.1) is 0 Å². The van der Waals surface area contributed by atoms with E-state index >= 15 is 0 Å². The lowest BCUT2D eigenvalue weighted by molar-refractivity contribution is -0.295. The lowest BCUT2D eigenvalue weighted by atomic mass is 9.91. The molecule has 1 atom stereocenters. The number of hydrogen-bond acceptors (Lipinski definition) is 4. The number of halogens is 6. The summed E-state index contributed by atoms with van der Waals surface area (Å²) in [5.41, 5.74) is -5.88. The first-order chi connectivity index (χ1) is 11.4. The highest BCUT2D eigenvalue weighted by atomic mass is 19.4. The maximum absolute atomic E-state index is 13.6. The third-order valence-corrected chi connectivity index (χ3v) is 3.64. The number of aliphatic hydroxyl groups is 1. The largest absolute Gasteiger partial charge is 0.454 e. The Morgan fingerprint density at radius 2 is 1.88 bits per heavy atom. The van der Waals surface area contributed by atoms with Crippen LogP contribution in [0.3, 0.4) is 0 Å². The van der Waals surface area contributed by atoms with Gasteiger partial charge in [0.05, 0.1) is 5.57 Å². The fourth-order valence-electron chi connectivity index (χ4n) is 2.42. The van der Waals surface area contributed by atoms with Crippen LogP contribution in [0, 0.1) is 0 Å². The van der Waals surface area contributed by atoms with Gasteiger partial charge >= 0.3 is 12.4 Å². The molecule has 0 aliphatic carbocycles. The van der Waals surface area contributed by atoms with Gasteiger partial charge in [-0.1, -0.05) is 6.07 Å². The quantitative estimate of drug-likeness (QED) is 0.836. The molecule has 25 heavy (non-hydrogen) atoms. The molecule has 0 amide bonds. The first-order valence-corrected chi connectivity index (χ1v) is 6.85. The third kappa shape index (κ3) is 3.39. The average molecular weight is 366 g/mol. The van der Waals surface area contributed by atoms with Crippen molar-refractivity contribution in [2.45, 2.75) is 31.5 Å². The van der Waals surface area contributed by atoms with Crippen molar-refractivity contribution in [1.29, 1.82) is 0 Å². The van der Waals surface area contributed by atoms with Crippen molar-refractivity contribution >= 4 is 5.78 Å². The second-order valence-electron chi connectivity index (χ2n) is 5.33. The SMILES string of the molecule is CC1=CC=C(C(=O)C(F)(F)F)C(O)(C(F)(F)F)N1Cc1cccnc1. The van der Waals surface area contributed by atoms with Gasteiger partial charge in [0.2, 0.25) is 0 Å². The number of ketones is 1. The second kappa shape index (κ2) is 6.17. The summed E-state index contributed by atoms with van der Waals surface area (Å²) in [6, 6.07) is 2.81. The minimum atomic E-state index is -5.57. The molecule has 1 aromatic heterocycles. The Bertz CT molecular complexity index is 724. The summed E-state index contributed by atoms with van der Waals surface area (Å²) >= 11 is 0. The highest BCUT2D eigenvalue weighted by molar-refractivity contribution is 6.02. The number of hydrogen-bond donors (Lipinski definition) is 1. The van der Waals surface area contributed by atoms with Crippen LogP contribution in [-0.4, -0.2) is 38.9 Å². The van der Waals surface area contributed by atoms with E-state index in [1.165, 1.54) is 31.5 Å². The van der Waals surface area contributed by atoms with Gasteiger partial charge in [0.15, 0.2) is 0 Å². The molecule has 0 saturated heterocycles. The molecular formula is C15H12F6N2O2. The molecule has 0 saturated carbocycles. The molecule has 1 aliphatic rings. The van der Waals surface area contributed by atoms with E-state index in [0.29, 0.717) is 11.0 Å². The Morgan fingerprint density at radius 3 is 2.36 bits per heavy atom. The van der Waals surface area contributed by atoms with Crippen LogP contribution >= 0.6 is 0 Å². The molecule has 0 aromatic carbocycles. The number of Topliss-reactive ketones (excluding diaryl/α,β-unsaturated/α-hetero) is 1. The smallest absolute Gasteiger partial charge is 0.360 e. The lowest BCUT2D eigenvalue weighted by Crippen LogP contribution is -2.62. The zero-order valence-corrected chi connectivity index (χ0v) is 12.7. The van der Waals surface area contributed by atoms with Crippen LogP contribution in [0.2, 0.25) is 0 Å². The number of pyridine rings is 1. The van der Waals surface area contributed by atoms with E-state index in [-0.39, 0.29) is 11.3 Å². The minimum absolute atomic E-state index is 0.164. The van der Waals surface area contributed by atoms with E-state index in [0.717, 1.165) is 6.08 Å². The summed E-state index contributed by atoms with van der Waals surface area (Å²) in [6.07, 6.45) is -7.31. The lowest BCUT2D eigenvalue weighted by Gasteiger charge is -2.45. The number of nitrogens with zero attached hydrogens (tertiary/aromatic N) is 2. The number of alkyl halides is 6. The molecule has 0 fully saturated rings. The van der Waals surface area contributed by atoms with E-state index in [1.54, 1.807) is 0 Å². The van der Waals surface area contributed by atoms with Crippen LogP contribution in [-0.2, 0) is 11.3 Å². The zero-order valence-electron chi connectivity index (χ0n) is 12.7. The molecule has 4 nitrogen and oxygen atoms in total. The Hall–Kier alpha value is -2.36. The van der Waals surface area contributed by atoms with Crippen LogP contribution in [0.15, 0.2) is 47.9 Å². The summed E-state index contributed by atoms with van der Waals surface area (Å²) in [7, 11) is 0. The van der Waals surface area contributed by atoms with Crippen LogP contribution in [0.4, 0.5) is 26.3 Å². The van der Waals surface area contributed by atoms with Gasteiger partial charge in [0.25, 0.3) is 11.5 Å². The molecule has 0 bridgehead atoms. The fourth-order valence-corrected chi connectivity index (χ4v) is 2.42. The van der Waals surface area contributed by atoms with E-state index in [4.69, 9.17) is 0 Å². The summed E-state index contributed by atoms with van der Waals surface area (Å²) in [5, 5.41) is 10.2. The molecular weight excluding hydrogens is 354 g/mol. The number of carbonyl (C=O) groups is 1. The molecule has 1 aliphatic heterocycles. The van der Waals surface area contributed by atoms with Crippen molar-refractivity contribution in [1.82, 2.24) is 9.88 Å². The molecule has 0 spiro atoms. The maximum atomic E-state index is 13.6. The first kappa shape index (κ1) is 19.0. The number of aromatic nitrogens is 1. The van der Waals surface area contributed by atoms with Gasteiger partial charge in [0, 0.05) is 24.6 Å². The van der Waals surface area contributed by atoms with E-state index in [2.05, 4.69) is 4.98 Å². The van der Waals surface area contributed by atoms with Crippen molar-refractivity contribution in [3.05, 3.63) is 53.5 Å². The molecule has 2 heterocycles. The van der Waals surface area contributed by atoms with Gasteiger partial charge in [-0.25, -0.2) is 0 Å². The molecule has 136 valence electrons. The number of rotatable bonds is 3. The summed E-state index contributed by atoms with van der Waals surface area (Å²) in [6.45, 7) is 0.576. The Kier molecular flexibility index (Phi) is 4.69. The third-order valence-electron chi connectivity index (χ3n) is 3.64. The number of carbonyl (C=O) groups excluding carboxylic acids is 1. The maximum Gasteiger partial charge on any atom is 0.454 e. The Balaban J connectivity index is 2.57. The zero-order chi connectivity index (χ0) is 19.0. The van der Waals surface area contributed by atoms with Crippen molar-refractivity contribution in [3.8, 4) is 0 Å². The van der Waals surface area contributed by atoms with Crippen molar-refractivity contribution in [3.63, 3.8) is 0 Å². The Labute approximate surface area is 138 Å². The predicted molar refractivity (Wildman–Crippen MR) is 73.7 cm³/mol. The highest BCUT2D eigenvalue weighted by Crippen LogP contribution is 2.45. The normalized spacial score (nSPS) is 21.7. The standard InChI is InChI=1S/C15H12F6N2O2/c1-9-4-5-11(12(24)14(16,17)18)13(25,15(19,20)21)23(9)8-10-3-2-6-22-7-10/h2-7,25H,8H2,1H3. The topological polar surface area (TPSA) is 53.4 Å². The fraction of sp³-hybridized carbons (Fsp3) is 0.333. The van der Waals surface area contributed by atoms with E-state index in [1.807, 2.05) is 0 Å². The van der Waals surface area contributed by atoms with Crippen LogP contribution in [0.25, 0.3) is 0 Å². The monoisotopic (exact) mass is 366 g/mol. The first-order valence-electron chi connectivity index (χ1n) is 6.85. The Morgan fingerprint density at radius 1 is 1.24 bits per heavy atom. The van der Waals surface area contributed by atoms with Crippen LogP contribution in [0.1, 0.15) is 12.5 Å². The molecule has 1 aromatic rings. The van der Waals surface area contributed by atoms with Crippen molar-refractivity contribution < 1.29 is 36.2 Å². The highest BCUT2D eigenvalue weighted by Gasteiger charge is 2.65. The average Bonchev–Trinajstić information content (AvgIpc) is 2.50. The van der Waals surface area contributed by atoms with E-state index < -0.39 is 36.0 Å². The van der Waals surface area contributed by atoms with E-state index in [9.17, 15) is 36.2 Å². The molecule has 1 N–H and O–H groups in total. The van der Waals surface area contributed by atoms with Crippen LogP contribution in [0.5, 0.6) is 0 Å².